The van der Waals surface area contributed by atoms with E-state index >= 15 is 0 Å². The van der Waals surface area contributed by atoms with Crippen molar-refractivity contribution in [3.63, 3.8) is 0 Å². The number of halogens is 1. The lowest BCUT2D eigenvalue weighted by atomic mass is 9.31. The van der Waals surface area contributed by atoms with Gasteiger partial charge in [0.05, 0.1) is 0 Å². The van der Waals surface area contributed by atoms with Crippen LogP contribution in [-0.4, -0.2) is 12.6 Å². The third-order valence-corrected chi connectivity index (χ3v) is 6.73. The van der Waals surface area contributed by atoms with Gasteiger partial charge >= 0.3 is 0 Å². The normalized spacial score (nSPS) is 16.5. The van der Waals surface area contributed by atoms with Gasteiger partial charge in [0.2, 0.25) is 0 Å². The molecule has 0 saturated heterocycles. The van der Waals surface area contributed by atoms with Gasteiger partial charge in [-0.25, -0.2) is 0 Å². The molecule has 0 amide bonds. The van der Waals surface area contributed by atoms with E-state index in [1.807, 2.05) is 0 Å². The Morgan fingerprint density at radius 2 is 1.41 bits per heavy atom. The number of rotatable bonds is 12. The predicted octanol–water partition coefficient (Wildman–Crippen LogP) is 9.00. The smallest absolute Gasteiger partial charge is 0.122 e. The van der Waals surface area contributed by atoms with Gasteiger partial charge in [0, 0.05) is 5.88 Å². The van der Waals surface area contributed by atoms with Gasteiger partial charge in [-0.3, -0.25) is 0 Å². The first-order valence-electron chi connectivity index (χ1n) is 11.0. The fourth-order valence-electron chi connectivity index (χ4n) is 3.30. The van der Waals surface area contributed by atoms with E-state index < -0.39 is 0 Å². The molecule has 0 aromatic heterocycles. The molecule has 0 nitrogen and oxygen atoms in total. The maximum absolute atomic E-state index is 5.84. The minimum Gasteiger partial charge on any atom is -0.122 e. The van der Waals surface area contributed by atoms with Crippen LogP contribution in [0.15, 0.2) is 35.3 Å². The van der Waals surface area contributed by atoms with Crippen molar-refractivity contribution >= 4 is 18.3 Å². The molecule has 0 aromatic rings. The van der Waals surface area contributed by atoms with Gasteiger partial charge in [-0.2, -0.15) is 0 Å². The fraction of sp³-hybridized carbons (Fsp3) is 0.760. The Morgan fingerprint density at radius 3 is 1.85 bits per heavy atom. The van der Waals surface area contributed by atoms with Crippen LogP contribution in [-0.2, 0) is 0 Å². The average molecular weight is 393 g/mol. The number of hydrogen-bond donors (Lipinski definition) is 0. The third-order valence-electron chi connectivity index (χ3n) is 6.31. The van der Waals surface area contributed by atoms with E-state index in [4.69, 9.17) is 11.6 Å². The topological polar surface area (TPSA) is 0 Å². The molecule has 0 bridgehead atoms. The van der Waals surface area contributed by atoms with Crippen LogP contribution in [0.3, 0.4) is 0 Å². The molecule has 0 aliphatic heterocycles. The van der Waals surface area contributed by atoms with Gasteiger partial charge in [-0.1, -0.05) is 108 Å². The molecule has 0 radical (unpaired) electrons. The molecule has 0 spiro atoms. The standard InChI is InChI=1S/C25H46BCl/c1-19(2)23(7)26(24(8)20(3)4)17-16-25(9,10)15-14-21(5)12-11-13-22(6)18-27/h13-14,16-17,19-20,23-24H,11-12,15,18H2,1-10H3/b17-16+,21-14+,22-13+. The molecule has 0 aromatic carbocycles. The molecular weight excluding hydrogens is 347 g/mol. The number of hydrogen-bond acceptors (Lipinski definition) is 0. The molecule has 0 aliphatic rings. The van der Waals surface area contributed by atoms with Crippen molar-refractivity contribution in [2.24, 2.45) is 17.3 Å². The SMILES string of the molecule is C/C(=C\CC/C(C)=C/CC(C)(C)/C=C/B(C(C)C(C)C)C(C)C(C)C)CCl. The van der Waals surface area contributed by atoms with Crippen molar-refractivity contribution in [1.82, 2.24) is 0 Å². The monoisotopic (exact) mass is 392 g/mol. The molecule has 0 rings (SSSR count). The third kappa shape index (κ3) is 11.2. The molecule has 0 saturated carbocycles. The number of alkyl halides is 1. The Bertz CT molecular complexity index is 482. The van der Waals surface area contributed by atoms with Crippen molar-refractivity contribution < 1.29 is 0 Å². The zero-order chi connectivity index (χ0) is 21.2. The van der Waals surface area contributed by atoms with Gasteiger partial charge < -0.3 is 0 Å². The van der Waals surface area contributed by atoms with E-state index in [1.54, 1.807) is 0 Å². The van der Waals surface area contributed by atoms with Crippen molar-refractivity contribution in [2.45, 2.75) is 100 Å². The highest BCUT2D eigenvalue weighted by Crippen LogP contribution is 2.34. The summed E-state index contributed by atoms with van der Waals surface area (Å²) in [6.45, 7) is 24.0. The Morgan fingerprint density at radius 1 is 0.889 bits per heavy atom. The summed E-state index contributed by atoms with van der Waals surface area (Å²) in [5, 5.41) is 0. The van der Waals surface area contributed by atoms with Crippen LogP contribution < -0.4 is 0 Å². The Labute approximate surface area is 177 Å². The van der Waals surface area contributed by atoms with Crippen LogP contribution in [0.2, 0.25) is 11.6 Å². The van der Waals surface area contributed by atoms with Crippen molar-refractivity contribution in [1.29, 1.82) is 0 Å². The summed E-state index contributed by atoms with van der Waals surface area (Å²) in [4.78, 5) is 0. The van der Waals surface area contributed by atoms with E-state index in [2.05, 4.69) is 93.4 Å². The molecular formula is C25H46BCl. The zero-order valence-electron chi connectivity index (χ0n) is 19.9. The summed E-state index contributed by atoms with van der Waals surface area (Å²) in [6.07, 6.45) is 10.5. The second-order valence-electron chi connectivity index (χ2n) is 10.1. The summed E-state index contributed by atoms with van der Waals surface area (Å²) < 4.78 is 0. The maximum atomic E-state index is 5.84. The lowest BCUT2D eigenvalue weighted by Crippen LogP contribution is -2.28. The summed E-state index contributed by atoms with van der Waals surface area (Å²) in [5.74, 6) is 6.04. The first kappa shape index (κ1) is 26.6. The Balaban J connectivity index is 4.99. The predicted molar refractivity (Wildman–Crippen MR) is 129 cm³/mol. The van der Waals surface area contributed by atoms with Crippen LogP contribution in [0.5, 0.6) is 0 Å². The summed E-state index contributed by atoms with van der Waals surface area (Å²) in [5.41, 5.74) is 2.96. The van der Waals surface area contributed by atoms with E-state index in [1.165, 1.54) is 11.1 Å². The summed E-state index contributed by atoms with van der Waals surface area (Å²) >= 11 is 5.84. The lowest BCUT2D eigenvalue weighted by Gasteiger charge is -2.30. The Hall–Kier alpha value is -0.425. The molecule has 0 fully saturated rings. The van der Waals surface area contributed by atoms with Gasteiger partial charge in [-0.15, -0.1) is 17.6 Å². The van der Waals surface area contributed by atoms with Gasteiger partial charge in [-0.05, 0) is 38.5 Å². The molecule has 2 atom stereocenters. The molecule has 0 N–H and O–H groups in total. The van der Waals surface area contributed by atoms with E-state index in [9.17, 15) is 0 Å². The van der Waals surface area contributed by atoms with Crippen molar-refractivity contribution in [3.8, 4) is 0 Å². The fourth-order valence-corrected chi connectivity index (χ4v) is 3.41. The van der Waals surface area contributed by atoms with Crippen molar-refractivity contribution in [2.75, 3.05) is 5.88 Å². The van der Waals surface area contributed by atoms with Crippen LogP contribution in [0.25, 0.3) is 0 Å². The highest BCUT2D eigenvalue weighted by atomic mass is 35.5. The molecule has 0 heterocycles. The van der Waals surface area contributed by atoms with Crippen LogP contribution in [0.1, 0.15) is 88.5 Å². The highest BCUT2D eigenvalue weighted by molar-refractivity contribution is 6.67. The minimum absolute atomic E-state index is 0.203. The summed E-state index contributed by atoms with van der Waals surface area (Å²) in [7, 11) is 0. The van der Waals surface area contributed by atoms with Crippen LogP contribution >= 0.6 is 11.6 Å². The van der Waals surface area contributed by atoms with E-state index in [-0.39, 0.29) is 5.41 Å². The quantitative estimate of drug-likeness (QED) is 0.176. The zero-order valence-corrected chi connectivity index (χ0v) is 20.7. The van der Waals surface area contributed by atoms with E-state index in [0.29, 0.717) is 24.2 Å². The van der Waals surface area contributed by atoms with Gasteiger partial charge in [0.25, 0.3) is 0 Å². The van der Waals surface area contributed by atoms with Gasteiger partial charge in [0.1, 0.15) is 0 Å². The largest absolute Gasteiger partial charge is 0.172 e. The lowest BCUT2D eigenvalue weighted by molar-refractivity contribution is 0.486. The molecule has 0 aliphatic carbocycles. The maximum Gasteiger partial charge on any atom is 0.172 e. The van der Waals surface area contributed by atoms with Crippen LogP contribution in [0.4, 0.5) is 0 Å². The first-order chi connectivity index (χ1) is 12.4. The molecule has 2 heteroatoms. The van der Waals surface area contributed by atoms with Crippen molar-refractivity contribution in [3.05, 3.63) is 35.3 Å². The minimum atomic E-state index is 0.203. The molecule has 156 valence electrons. The molecule has 2 unspecified atom stereocenters. The van der Waals surface area contributed by atoms with E-state index in [0.717, 1.165) is 31.1 Å². The average Bonchev–Trinajstić information content (AvgIpc) is 2.59. The highest BCUT2D eigenvalue weighted by Gasteiger charge is 2.29. The van der Waals surface area contributed by atoms with Crippen LogP contribution in [0, 0.1) is 17.3 Å². The second-order valence-corrected chi connectivity index (χ2v) is 10.4. The Kier molecular flexibility index (Phi) is 12.7. The number of allylic oxidation sites excluding steroid dienone is 5. The summed E-state index contributed by atoms with van der Waals surface area (Å²) in [6, 6.07) is 0. The van der Waals surface area contributed by atoms with Gasteiger partial charge in [0.15, 0.2) is 6.71 Å². The first-order valence-corrected chi connectivity index (χ1v) is 11.5. The molecule has 27 heavy (non-hydrogen) atoms. The second kappa shape index (κ2) is 12.9.